The van der Waals surface area contributed by atoms with Gasteiger partial charge in [0.2, 0.25) is 5.95 Å². The summed E-state index contributed by atoms with van der Waals surface area (Å²) in [6.07, 6.45) is 10.3. The van der Waals surface area contributed by atoms with Crippen LogP contribution in [0.15, 0.2) is 0 Å². The molecule has 1 aliphatic carbocycles. The van der Waals surface area contributed by atoms with Crippen molar-refractivity contribution < 1.29 is 0 Å². The van der Waals surface area contributed by atoms with Gasteiger partial charge in [0.1, 0.15) is 5.82 Å². The number of piperidine rings is 2. The Bertz CT molecular complexity index is 586. The molecule has 2 aliphatic heterocycles. The first-order valence-electron chi connectivity index (χ1n) is 10.2. The Morgan fingerprint density at radius 1 is 0.920 bits per heavy atom. The summed E-state index contributed by atoms with van der Waals surface area (Å²) in [5.41, 5.74) is 2.75. The third-order valence-electron chi connectivity index (χ3n) is 6.44. The molecule has 0 radical (unpaired) electrons. The molecule has 5 heteroatoms. The van der Waals surface area contributed by atoms with Crippen LogP contribution < -0.4 is 15.1 Å². The van der Waals surface area contributed by atoms with E-state index in [2.05, 4.69) is 29.2 Å². The van der Waals surface area contributed by atoms with Gasteiger partial charge in [0, 0.05) is 32.7 Å². The normalized spacial score (nSPS) is 22.7. The van der Waals surface area contributed by atoms with E-state index in [1.807, 2.05) is 0 Å². The third kappa shape index (κ3) is 3.62. The van der Waals surface area contributed by atoms with Crippen molar-refractivity contribution in [2.45, 2.75) is 51.4 Å². The topological polar surface area (TPSA) is 44.3 Å². The molecule has 0 unspecified atom stereocenters. The van der Waals surface area contributed by atoms with Crippen molar-refractivity contribution >= 4 is 11.8 Å². The number of nitrogens with zero attached hydrogens (tertiary/aromatic N) is 4. The maximum Gasteiger partial charge on any atom is 0.227 e. The Hall–Kier alpha value is -1.36. The molecular formula is C20H33N5. The van der Waals surface area contributed by atoms with Gasteiger partial charge in [0.05, 0.1) is 5.69 Å². The smallest absolute Gasteiger partial charge is 0.227 e. The molecule has 25 heavy (non-hydrogen) atoms. The van der Waals surface area contributed by atoms with Crippen LogP contribution in [0.25, 0.3) is 0 Å². The van der Waals surface area contributed by atoms with Crippen molar-refractivity contribution in [3.05, 3.63) is 11.3 Å². The molecule has 0 atom stereocenters. The summed E-state index contributed by atoms with van der Waals surface area (Å²) >= 11 is 0. The molecule has 0 spiro atoms. The minimum atomic E-state index is 0.885. The van der Waals surface area contributed by atoms with Crippen LogP contribution >= 0.6 is 0 Å². The standard InChI is InChI=1S/C20H33N5/c1-24(2)20-22-18-6-4-3-5-17(18)19(23-20)25-13-9-16(10-14-25)15-7-11-21-12-8-15/h15-16,21H,3-14H2,1-2H3. The highest BCUT2D eigenvalue weighted by molar-refractivity contribution is 5.54. The Morgan fingerprint density at radius 3 is 2.32 bits per heavy atom. The van der Waals surface area contributed by atoms with Gasteiger partial charge in [-0.15, -0.1) is 0 Å². The van der Waals surface area contributed by atoms with Gasteiger partial charge in [-0.2, -0.15) is 4.98 Å². The van der Waals surface area contributed by atoms with Gasteiger partial charge >= 0.3 is 0 Å². The van der Waals surface area contributed by atoms with Crippen LogP contribution in [-0.2, 0) is 12.8 Å². The average molecular weight is 344 g/mol. The zero-order valence-corrected chi connectivity index (χ0v) is 15.9. The van der Waals surface area contributed by atoms with Gasteiger partial charge in [-0.25, -0.2) is 4.98 Å². The van der Waals surface area contributed by atoms with Gasteiger partial charge < -0.3 is 15.1 Å². The van der Waals surface area contributed by atoms with E-state index in [1.54, 1.807) is 0 Å². The maximum absolute atomic E-state index is 4.98. The Labute approximate surface area is 152 Å². The number of hydrogen-bond donors (Lipinski definition) is 1. The highest BCUT2D eigenvalue weighted by Crippen LogP contribution is 2.35. The fourth-order valence-electron chi connectivity index (χ4n) is 4.92. The lowest BCUT2D eigenvalue weighted by Gasteiger charge is -2.39. The van der Waals surface area contributed by atoms with Gasteiger partial charge in [-0.1, -0.05) is 0 Å². The number of aryl methyl sites for hydroxylation is 1. The molecule has 1 aromatic rings. The zero-order valence-electron chi connectivity index (χ0n) is 15.9. The predicted octanol–water partition coefficient (Wildman–Crippen LogP) is 2.64. The van der Waals surface area contributed by atoms with Crippen molar-refractivity contribution in [3.8, 4) is 0 Å². The first-order chi connectivity index (χ1) is 12.2. The fourth-order valence-corrected chi connectivity index (χ4v) is 4.92. The predicted molar refractivity (Wildman–Crippen MR) is 104 cm³/mol. The van der Waals surface area contributed by atoms with Crippen molar-refractivity contribution in [3.63, 3.8) is 0 Å². The van der Waals surface area contributed by atoms with E-state index in [4.69, 9.17) is 9.97 Å². The minimum absolute atomic E-state index is 0.885. The SMILES string of the molecule is CN(C)c1nc2c(c(N3CCC(C4CCNCC4)CC3)n1)CCCC2. The van der Waals surface area contributed by atoms with Crippen LogP contribution in [-0.4, -0.2) is 50.2 Å². The second kappa shape index (κ2) is 7.48. The van der Waals surface area contributed by atoms with E-state index in [0.717, 1.165) is 30.6 Å². The molecular weight excluding hydrogens is 310 g/mol. The summed E-state index contributed by atoms with van der Waals surface area (Å²) in [5.74, 6) is 4.00. The summed E-state index contributed by atoms with van der Waals surface area (Å²) in [5, 5.41) is 3.51. The van der Waals surface area contributed by atoms with Crippen molar-refractivity contribution in [2.75, 3.05) is 50.1 Å². The summed E-state index contributed by atoms with van der Waals surface area (Å²) < 4.78 is 0. The van der Waals surface area contributed by atoms with E-state index >= 15 is 0 Å². The maximum atomic E-state index is 4.98. The summed E-state index contributed by atoms with van der Waals surface area (Å²) in [6.45, 7) is 4.78. The zero-order chi connectivity index (χ0) is 17.2. The molecule has 2 fully saturated rings. The van der Waals surface area contributed by atoms with E-state index in [0.29, 0.717) is 0 Å². The molecule has 138 valence electrons. The lowest BCUT2D eigenvalue weighted by Crippen LogP contribution is -2.40. The van der Waals surface area contributed by atoms with Crippen molar-refractivity contribution in [1.29, 1.82) is 0 Å². The van der Waals surface area contributed by atoms with Crippen LogP contribution in [0.4, 0.5) is 11.8 Å². The molecule has 4 rings (SSSR count). The van der Waals surface area contributed by atoms with E-state index in [9.17, 15) is 0 Å². The molecule has 2 saturated heterocycles. The highest BCUT2D eigenvalue weighted by atomic mass is 15.3. The van der Waals surface area contributed by atoms with Crippen molar-refractivity contribution in [1.82, 2.24) is 15.3 Å². The molecule has 0 saturated carbocycles. The molecule has 1 aromatic heterocycles. The second-order valence-corrected chi connectivity index (χ2v) is 8.29. The number of rotatable bonds is 3. The largest absolute Gasteiger partial charge is 0.356 e. The van der Waals surface area contributed by atoms with Gasteiger partial charge in [0.15, 0.2) is 0 Å². The van der Waals surface area contributed by atoms with Crippen LogP contribution in [0.3, 0.4) is 0 Å². The van der Waals surface area contributed by atoms with Gasteiger partial charge in [-0.3, -0.25) is 0 Å². The number of anilines is 2. The van der Waals surface area contributed by atoms with Crippen LogP contribution in [0.5, 0.6) is 0 Å². The molecule has 3 aliphatic rings. The fraction of sp³-hybridized carbons (Fsp3) is 0.800. The van der Waals surface area contributed by atoms with Crippen LogP contribution in [0.1, 0.15) is 49.8 Å². The summed E-state index contributed by atoms with van der Waals surface area (Å²) in [6, 6.07) is 0. The van der Waals surface area contributed by atoms with E-state index < -0.39 is 0 Å². The van der Waals surface area contributed by atoms with Crippen LogP contribution in [0.2, 0.25) is 0 Å². The highest BCUT2D eigenvalue weighted by Gasteiger charge is 2.30. The Kier molecular flexibility index (Phi) is 5.11. The second-order valence-electron chi connectivity index (χ2n) is 8.29. The van der Waals surface area contributed by atoms with E-state index in [1.165, 1.54) is 81.8 Å². The first kappa shape index (κ1) is 17.1. The molecule has 3 heterocycles. The molecule has 0 bridgehead atoms. The monoisotopic (exact) mass is 343 g/mol. The Balaban J connectivity index is 1.51. The number of hydrogen-bond acceptors (Lipinski definition) is 5. The van der Waals surface area contributed by atoms with Crippen LogP contribution in [0, 0.1) is 11.8 Å². The number of fused-ring (bicyclic) bond motifs is 1. The first-order valence-corrected chi connectivity index (χ1v) is 10.2. The molecule has 0 amide bonds. The summed E-state index contributed by atoms with van der Waals surface area (Å²) in [4.78, 5) is 14.4. The summed E-state index contributed by atoms with van der Waals surface area (Å²) in [7, 11) is 4.11. The van der Waals surface area contributed by atoms with Gasteiger partial charge in [0.25, 0.3) is 0 Å². The Morgan fingerprint density at radius 2 is 1.60 bits per heavy atom. The molecule has 5 nitrogen and oxygen atoms in total. The lowest BCUT2D eigenvalue weighted by atomic mass is 9.79. The third-order valence-corrected chi connectivity index (χ3v) is 6.44. The van der Waals surface area contributed by atoms with Crippen molar-refractivity contribution in [2.24, 2.45) is 11.8 Å². The lowest BCUT2D eigenvalue weighted by molar-refractivity contribution is 0.221. The number of nitrogens with one attached hydrogen (secondary N) is 1. The molecule has 1 N–H and O–H groups in total. The minimum Gasteiger partial charge on any atom is -0.356 e. The van der Waals surface area contributed by atoms with Gasteiger partial charge in [-0.05, 0) is 76.3 Å². The molecule has 0 aromatic carbocycles. The average Bonchev–Trinajstić information content (AvgIpc) is 2.68. The number of aromatic nitrogens is 2. The quantitative estimate of drug-likeness (QED) is 0.914. The van der Waals surface area contributed by atoms with E-state index in [-0.39, 0.29) is 0 Å².